The monoisotopic (exact) mass is 379 g/mol. The molecule has 0 radical (unpaired) electrons. The number of likely N-dealkylation sites (tertiary alicyclic amines) is 1. The summed E-state index contributed by atoms with van der Waals surface area (Å²) in [6, 6.07) is 14.9. The molecule has 1 saturated heterocycles. The lowest BCUT2D eigenvalue weighted by Crippen LogP contribution is -2.49. The van der Waals surface area contributed by atoms with Crippen molar-refractivity contribution >= 4 is 17.5 Å². The fourth-order valence-corrected chi connectivity index (χ4v) is 4.60. The van der Waals surface area contributed by atoms with E-state index in [0.29, 0.717) is 17.8 Å². The zero-order valence-corrected chi connectivity index (χ0v) is 15.7. The first-order valence-corrected chi connectivity index (χ1v) is 9.66. The number of carbonyl (C=O) groups excluding carboxylic acids is 2. The molecule has 1 atom stereocenters. The predicted octanol–water partition coefficient (Wildman–Crippen LogP) is 1.67. The Kier molecular flexibility index (Phi) is 4.91. The van der Waals surface area contributed by atoms with Crippen LogP contribution in [-0.4, -0.2) is 47.6 Å². The minimum Gasteiger partial charge on any atom is -0.392 e. The van der Waals surface area contributed by atoms with Crippen molar-refractivity contribution in [1.29, 1.82) is 0 Å². The van der Waals surface area contributed by atoms with Gasteiger partial charge in [0, 0.05) is 16.7 Å². The molecular weight excluding hydrogens is 354 g/mol. The van der Waals surface area contributed by atoms with E-state index in [-0.39, 0.29) is 17.4 Å². The number of amides is 2. The topological polar surface area (TPSA) is 95.7 Å². The molecule has 146 valence electrons. The molecule has 0 aromatic heterocycles. The molecule has 2 aromatic rings. The number of hydrogen-bond donors (Lipinski definition) is 3. The van der Waals surface area contributed by atoms with E-state index < -0.39 is 5.91 Å². The number of carbonyl (C=O) groups is 2. The first-order valence-electron chi connectivity index (χ1n) is 9.66. The maximum atomic E-state index is 12.4. The number of benzene rings is 2. The Morgan fingerprint density at radius 3 is 2.46 bits per heavy atom. The Morgan fingerprint density at radius 2 is 1.79 bits per heavy atom. The molecular formula is C22H25N3O3. The number of hydrogen-bond acceptors (Lipinski definition) is 4. The van der Waals surface area contributed by atoms with Crippen LogP contribution in [0.1, 0.15) is 34.3 Å². The first-order chi connectivity index (χ1) is 13.5. The first kappa shape index (κ1) is 18.7. The second-order valence-electron chi connectivity index (χ2n) is 7.80. The highest BCUT2D eigenvalue weighted by molar-refractivity contribution is 5.95. The minimum atomic E-state index is -0.490. The lowest BCUT2D eigenvalue weighted by molar-refractivity contribution is -0.117. The van der Waals surface area contributed by atoms with E-state index in [9.17, 15) is 14.7 Å². The molecule has 0 saturated carbocycles. The van der Waals surface area contributed by atoms with Crippen LogP contribution in [0, 0.1) is 0 Å². The quantitative estimate of drug-likeness (QED) is 0.753. The molecule has 1 fully saturated rings. The van der Waals surface area contributed by atoms with Gasteiger partial charge in [-0.25, -0.2) is 0 Å². The van der Waals surface area contributed by atoms with Crippen LogP contribution in [0.5, 0.6) is 0 Å². The summed E-state index contributed by atoms with van der Waals surface area (Å²) in [6.07, 6.45) is 2.08. The number of aliphatic hydroxyl groups excluding tert-OH is 1. The van der Waals surface area contributed by atoms with Crippen LogP contribution in [0.3, 0.4) is 0 Å². The number of aliphatic hydroxyl groups is 1. The second-order valence-corrected chi connectivity index (χ2v) is 7.80. The van der Waals surface area contributed by atoms with Crippen LogP contribution in [0.2, 0.25) is 0 Å². The zero-order chi connectivity index (χ0) is 19.7. The SMILES string of the molecule is NC(=O)c1ccc(NC(=O)CN2CCC3(CC2)c2ccccc2CC3O)cc1. The van der Waals surface area contributed by atoms with Crippen LogP contribution >= 0.6 is 0 Å². The van der Waals surface area contributed by atoms with Gasteiger partial charge in [-0.1, -0.05) is 24.3 Å². The third-order valence-corrected chi connectivity index (χ3v) is 6.17. The van der Waals surface area contributed by atoms with E-state index in [0.717, 1.165) is 32.4 Å². The maximum absolute atomic E-state index is 12.4. The fourth-order valence-electron chi connectivity index (χ4n) is 4.60. The van der Waals surface area contributed by atoms with Crippen molar-refractivity contribution in [2.45, 2.75) is 30.8 Å². The van der Waals surface area contributed by atoms with Gasteiger partial charge in [0.1, 0.15) is 0 Å². The maximum Gasteiger partial charge on any atom is 0.248 e. The van der Waals surface area contributed by atoms with Crippen molar-refractivity contribution in [3.63, 3.8) is 0 Å². The van der Waals surface area contributed by atoms with Crippen LogP contribution in [0.15, 0.2) is 48.5 Å². The third-order valence-electron chi connectivity index (χ3n) is 6.17. The van der Waals surface area contributed by atoms with Gasteiger partial charge in [0.05, 0.1) is 12.6 Å². The molecule has 6 heteroatoms. The van der Waals surface area contributed by atoms with Gasteiger partial charge >= 0.3 is 0 Å². The molecule has 28 heavy (non-hydrogen) atoms. The number of anilines is 1. The number of primary amides is 1. The molecule has 0 bridgehead atoms. The van der Waals surface area contributed by atoms with Crippen molar-refractivity contribution in [1.82, 2.24) is 4.90 Å². The van der Waals surface area contributed by atoms with E-state index in [4.69, 9.17) is 5.73 Å². The highest BCUT2D eigenvalue weighted by atomic mass is 16.3. The number of rotatable bonds is 4. The molecule has 2 amide bonds. The van der Waals surface area contributed by atoms with Crippen LogP contribution in [-0.2, 0) is 16.6 Å². The van der Waals surface area contributed by atoms with Gasteiger partial charge in [0.25, 0.3) is 0 Å². The van der Waals surface area contributed by atoms with E-state index >= 15 is 0 Å². The standard InChI is InChI=1S/C22H25N3O3/c23-21(28)15-5-7-17(8-6-15)24-20(27)14-25-11-9-22(10-12-25)18-4-2-1-3-16(18)13-19(22)26/h1-8,19,26H,9-14H2,(H2,23,28)(H,24,27). The Bertz CT molecular complexity index is 886. The largest absolute Gasteiger partial charge is 0.392 e. The van der Waals surface area contributed by atoms with Crippen molar-refractivity contribution in [2.24, 2.45) is 5.73 Å². The van der Waals surface area contributed by atoms with Gasteiger partial charge < -0.3 is 16.2 Å². The molecule has 4 N–H and O–H groups in total. The molecule has 1 unspecified atom stereocenters. The molecule has 1 spiro atoms. The van der Waals surface area contributed by atoms with Gasteiger partial charge in [0.15, 0.2) is 0 Å². The summed E-state index contributed by atoms with van der Waals surface area (Å²) in [5, 5.41) is 13.6. The molecule has 2 aromatic carbocycles. The summed E-state index contributed by atoms with van der Waals surface area (Å²) in [5.74, 6) is -0.578. The van der Waals surface area contributed by atoms with Crippen LogP contribution in [0.4, 0.5) is 5.69 Å². The van der Waals surface area contributed by atoms with Gasteiger partial charge in [-0.2, -0.15) is 0 Å². The Balaban J connectivity index is 1.34. The molecule has 1 heterocycles. The summed E-state index contributed by atoms with van der Waals surface area (Å²) in [7, 11) is 0. The Labute approximate surface area is 164 Å². The summed E-state index contributed by atoms with van der Waals surface area (Å²) < 4.78 is 0. The third kappa shape index (κ3) is 3.41. The number of fused-ring (bicyclic) bond motifs is 2. The predicted molar refractivity (Wildman–Crippen MR) is 107 cm³/mol. The lowest BCUT2D eigenvalue weighted by atomic mass is 9.72. The lowest BCUT2D eigenvalue weighted by Gasteiger charge is -2.42. The number of nitrogens with one attached hydrogen (secondary N) is 1. The minimum absolute atomic E-state index is 0.0878. The normalized spacial score (nSPS) is 20.7. The van der Waals surface area contributed by atoms with Crippen molar-refractivity contribution < 1.29 is 14.7 Å². The summed E-state index contributed by atoms with van der Waals surface area (Å²) in [4.78, 5) is 25.6. The average molecular weight is 379 g/mol. The fraction of sp³-hybridized carbons (Fsp3) is 0.364. The Morgan fingerprint density at radius 1 is 1.11 bits per heavy atom. The highest BCUT2D eigenvalue weighted by Gasteiger charge is 2.47. The summed E-state index contributed by atoms with van der Waals surface area (Å²) in [5.41, 5.74) is 8.64. The molecule has 1 aliphatic carbocycles. The van der Waals surface area contributed by atoms with Crippen LogP contribution < -0.4 is 11.1 Å². The summed E-state index contributed by atoms with van der Waals surface area (Å²) in [6.45, 7) is 1.87. The smallest absolute Gasteiger partial charge is 0.248 e. The summed E-state index contributed by atoms with van der Waals surface area (Å²) >= 11 is 0. The van der Waals surface area contributed by atoms with Crippen molar-refractivity contribution in [3.8, 4) is 0 Å². The van der Waals surface area contributed by atoms with Gasteiger partial charge in [-0.05, 0) is 67.7 Å². The number of nitrogens with zero attached hydrogens (tertiary/aromatic N) is 1. The van der Waals surface area contributed by atoms with E-state index in [1.807, 2.05) is 12.1 Å². The molecule has 2 aliphatic rings. The highest BCUT2D eigenvalue weighted by Crippen LogP contribution is 2.46. The van der Waals surface area contributed by atoms with Gasteiger partial charge in [0.2, 0.25) is 11.8 Å². The van der Waals surface area contributed by atoms with E-state index in [1.54, 1.807) is 24.3 Å². The van der Waals surface area contributed by atoms with Crippen LogP contribution in [0.25, 0.3) is 0 Å². The van der Waals surface area contributed by atoms with Gasteiger partial charge in [-0.15, -0.1) is 0 Å². The average Bonchev–Trinajstić information content (AvgIpc) is 2.96. The number of piperidine rings is 1. The number of nitrogens with two attached hydrogens (primary N) is 1. The van der Waals surface area contributed by atoms with Crippen molar-refractivity contribution in [3.05, 3.63) is 65.2 Å². The van der Waals surface area contributed by atoms with E-state index in [1.165, 1.54) is 11.1 Å². The zero-order valence-electron chi connectivity index (χ0n) is 15.7. The van der Waals surface area contributed by atoms with Gasteiger partial charge in [-0.3, -0.25) is 14.5 Å². The molecule has 6 nitrogen and oxygen atoms in total. The molecule has 4 rings (SSSR count). The molecule has 1 aliphatic heterocycles. The Hall–Kier alpha value is -2.70. The van der Waals surface area contributed by atoms with E-state index in [2.05, 4.69) is 22.3 Å². The van der Waals surface area contributed by atoms with Crippen molar-refractivity contribution in [2.75, 3.05) is 25.0 Å². The second kappa shape index (κ2) is 7.37.